The van der Waals surface area contributed by atoms with Gasteiger partial charge in [-0.15, -0.1) is 0 Å². The zero-order chi connectivity index (χ0) is 22.7. The molecule has 2 aliphatic rings. The summed E-state index contributed by atoms with van der Waals surface area (Å²) >= 11 is 0. The Bertz CT molecular complexity index is 1010. The van der Waals surface area contributed by atoms with Gasteiger partial charge in [-0.05, 0) is 79.7 Å². The molecule has 0 aromatic heterocycles. The Kier molecular flexibility index (Phi) is 6.74. The summed E-state index contributed by atoms with van der Waals surface area (Å²) in [5, 5.41) is 6.90. The van der Waals surface area contributed by atoms with Crippen molar-refractivity contribution in [1.29, 1.82) is 0 Å². The summed E-state index contributed by atoms with van der Waals surface area (Å²) in [6, 6.07) is 15.4. The van der Waals surface area contributed by atoms with Crippen molar-refractivity contribution in [3.05, 3.63) is 96.0 Å². The maximum Gasteiger partial charge on any atom is 0.0954 e. The van der Waals surface area contributed by atoms with Crippen LogP contribution in [0.2, 0.25) is 0 Å². The third-order valence-electron chi connectivity index (χ3n) is 7.06. The van der Waals surface area contributed by atoms with Crippen LogP contribution in [0.1, 0.15) is 41.5 Å². The lowest BCUT2D eigenvalue weighted by Gasteiger charge is -2.34. The number of para-hydroxylation sites is 1. The normalized spacial score (nSPS) is 18.4. The molecule has 1 heterocycles. The van der Waals surface area contributed by atoms with E-state index in [1.54, 1.807) is 0 Å². The molecule has 0 saturated carbocycles. The number of aryl methyl sites for hydroxylation is 2. The molecule has 0 radical (unpaired) electrons. The molecule has 1 aliphatic heterocycles. The van der Waals surface area contributed by atoms with Crippen molar-refractivity contribution in [3.8, 4) is 0 Å². The van der Waals surface area contributed by atoms with E-state index in [-0.39, 0.29) is 0 Å². The number of benzene rings is 2. The van der Waals surface area contributed by atoms with E-state index in [1.165, 1.54) is 46.4 Å². The number of nitrogens with zero attached hydrogens (tertiary/aromatic N) is 1. The first-order valence-electron chi connectivity index (χ1n) is 11.9. The van der Waals surface area contributed by atoms with Crippen LogP contribution in [-0.4, -0.2) is 19.6 Å². The molecule has 1 unspecified atom stereocenters. The molecular weight excluding hydrogens is 390 g/mol. The first kappa shape index (κ1) is 22.3. The van der Waals surface area contributed by atoms with Gasteiger partial charge in [-0.2, -0.15) is 0 Å². The Morgan fingerprint density at radius 2 is 1.81 bits per heavy atom. The van der Waals surface area contributed by atoms with Gasteiger partial charge in [0.1, 0.15) is 0 Å². The Labute approximate surface area is 193 Å². The van der Waals surface area contributed by atoms with E-state index in [1.807, 2.05) is 0 Å². The molecule has 3 heteroatoms. The van der Waals surface area contributed by atoms with Crippen LogP contribution in [0, 0.1) is 25.7 Å². The number of fused-ring (bicyclic) bond motifs is 1. The van der Waals surface area contributed by atoms with E-state index in [9.17, 15) is 0 Å². The largest absolute Gasteiger partial charge is 0.372 e. The van der Waals surface area contributed by atoms with Crippen LogP contribution in [0.4, 0.5) is 5.69 Å². The number of rotatable bonds is 8. The molecule has 1 fully saturated rings. The van der Waals surface area contributed by atoms with Crippen LogP contribution in [-0.2, 0) is 6.42 Å². The van der Waals surface area contributed by atoms with Crippen molar-refractivity contribution < 1.29 is 0 Å². The number of allylic oxidation sites excluding steroid dienone is 2. The van der Waals surface area contributed by atoms with Crippen LogP contribution in [0.3, 0.4) is 0 Å². The third-order valence-corrected chi connectivity index (χ3v) is 7.06. The summed E-state index contributed by atoms with van der Waals surface area (Å²) in [4.78, 5) is 2.52. The van der Waals surface area contributed by atoms with Gasteiger partial charge in [0.2, 0.25) is 0 Å². The van der Waals surface area contributed by atoms with Crippen LogP contribution in [0.5, 0.6) is 0 Å². The highest BCUT2D eigenvalue weighted by Gasteiger charge is 2.26. The highest BCUT2D eigenvalue weighted by atomic mass is 15.1. The minimum Gasteiger partial charge on any atom is -0.372 e. The van der Waals surface area contributed by atoms with E-state index in [0.29, 0.717) is 11.8 Å². The lowest BCUT2D eigenvalue weighted by atomic mass is 9.95. The van der Waals surface area contributed by atoms with E-state index in [0.717, 1.165) is 44.0 Å². The lowest BCUT2D eigenvalue weighted by molar-refractivity contribution is 0.391. The Balaban J connectivity index is 1.18. The second-order valence-electron chi connectivity index (χ2n) is 9.60. The summed E-state index contributed by atoms with van der Waals surface area (Å²) in [7, 11) is 0. The molecule has 2 aromatic rings. The van der Waals surface area contributed by atoms with Crippen LogP contribution in [0.25, 0.3) is 5.57 Å². The predicted octanol–water partition coefficient (Wildman–Crippen LogP) is 5.96. The topological polar surface area (TPSA) is 27.3 Å². The summed E-state index contributed by atoms with van der Waals surface area (Å²) in [5.74, 6) is 1.95. The second-order valence-corrected chi connectivity index (χ2v) is 9.60. The van der Waals surface area contributed by atoms with Crippen molar-refractivity contribution >= 4 is 11.3 Å². The predicted molar refractivity (Wildman–Crippen MR) is 138 cm³/mol. The highest BCUT2D eigenvalue weighted by molar-refractivity contribution is 5.73. The van der Waals surface area contributed by atoms with Gasteiger partial charge in [-0.25, -0.2) is 0 Å². The number of anilines is 1. The van der Waals surface area contributed by atoms with Gasteiger partial charge in [0, 0.05) is 31.0 Å². The zero-order valence-electron chi connectivity index (χ0n) is 19.7. The van der Waals surface area contributed by atoms with E-state index in [2.05, 4.69) is 91.6 Å². The molecule has 4 rings (SSSR count). The maximum atomic E-state index is 4.36. The highest BCUT2D eigenvalue weighted by Crippen LogP contribution is 2.39. The lowest BCUT2D eigenvalue weighted by Crippen LogP contribution is -2.38. The minimum atomic E-state index is 0.422. The molecule has 1 atom stereocenters. The van der Waals surface area contributed by atoms with Crippen LogP contribution >= 0.6 is 0 Å². The Morgan fingerprint density at radius 1 is 1.06 bits per heavy atom. The average Bonchev–Trinajstić information content (AvgIpc) is 3.07. The Hall–Kier alpha value is -2.94. The van der Waals surface area contributed by atoms with Crippen LogP contribution < -0.4 is 15.5 Å². The number of hydrogen-bond acceptors (Lipinski definition) is 3. The van der Waals surface area contributed by atoms with Gasteiger partial charge in [-0.1, -0.05) is 61.7 Å². The molecular formula is C29H37N3. The molecule has 0 amide bonds. The summed E-state index contributed by atoms with van der Waals surface area (Å²) in [6.45, 7) is 20.4. The quantitative estimate of drug-likeness (QED) is 0.544. The molecule has 0 spiro atoms. The summed E-state index contributed by atoms with van der Waals surface area (Å²) in [5.41, 5.74) is 9.05. The van der Waals surface area contributed by atoms with Gasteiger partial charge >= 0.3 is 0 Å². The fourth-order valence-electron chi connectivity index (χ4n) is 5.18. The number of nitrogens with one attached hydrogen (secondary N) is 2. The van der Waals surface area contributed by atoms with Gasteiger partial charge in [0.25, 0.3) is 0 Å². The smallest absolute Gasteiger partial charge is 0.0954 e. The van der Waals surface area contributed by atoms with Crippen molar-refractivity contribution in [2.45, 2.75) is 39.5 Å². The summed E-state index contributed by atoms with van der Waals surface area (Å²) in [6.07, 6.45) is 4.35. The SMILES string of the molecule is C=C(CC1Cc2cc(C)ccc2C1=C)NC(=C)NCC1CCN(c2ccccc2C)CC1. The molecule has 1 aliphatic carbocycles. The number of hydrogen-bond donors (Lipinski definition) is 2. The molecule has 2 aromatic carbocycles. The van der Waals surface area contributed by atoms with E-state index >= 15 is 0 Å². The molecule has 0 bridgehead atoms. The Morgan fingerprint density at radius 3 is 2.56 bits per heavy atom. The van der Waals surface area contributed by atoms with Gasteiger partial charge in [0.15, 0.2) is 0 Å². The monoisotopic (exact) mass is 427 g/mol. The standard InChI is InChI=1S/C29H37N3/c1-20-10-11-28-23(4)26(18-27(28)16-20)17-22(3)31-24(5)30-19-25-12-14-32(15-13-25)29-9-7-6-8-21(29)2/h6-11,16,25-26,30-31H,3-5,12-15,17-19H2,1-2H3. The van der Waals surface area contributed by atoms with Crippen molar-refractivity contribution in [2.24, 2.45) is 11.8 Å². The molecule has 168 valence electrons. The molecule has 1 saturated heterocycles. The zero-order valence-corrected chi connectivity index (χ0v) is 19.7. The van der Waals surface area contributed by atoms with Crippen molar-refractivity contribution in [1.82, 2.24) is 10.6 Å². The third kappa shape index (κ3) is 5.09. The fraction of sp³-hybridized carbons (Fsp3) is 0.379. The maximum absolute atomic E-state index is 4.36. The van der Waals surface area contributed by atoms with Gasteiger partial charge < -0.3 is 15.5 Å². The minimum absolute atomic E-state index is 0.422. The van der Waals surface area contributed by atoms with E-state index < -0.39 is 0 Å². The number of piperidine rings is 1. The molecule has 3 nitrogen and oxygen atoms in total. The van der Waals surface area contributed by atoms with Crippen molar-refractivity contribution in [2.75, 3.05) is 24.5 Å². The fourth-order valence-corrected chi connectivity index (χ4v) is 5.18. The molecule has 32 heavy (non-hydrogen) atoms. The first-order valence-corrected chi connectivity index (χ1v) is 11.9. The first-order chi connectivity index (χ1) is 15.4. The van der Waals surface area contributed by atoms with Gasteiger partial charge in [0.05, 0.1) is 5.82 Å². The second kappa shape index (κ2) is 9.68. The van der Waals surface area contributed by atoms with Crippen molar-refractivity contribution in [3.63, 3.8) is 0 Å². The van der Waals surface area contributed by atoms with Crippen LogP contribution in [0.15, 0.2) is 73.7 Å². The summed E-state index contributed by atoms with van der Waals surface area (Å²) < 4.78 is 0. The molecule has 2 N–H and O–H groups in total. The van der Waals surface area contributed by atoms with E-state index in [4.69, 9.17) is 0 Å². The van der Waals surface area contributed by atoms with Gasteiger partial charge in [-0.3, -0.25) is 0 Å². The average molecular weight is 428 g/mol.